The highest BCUT2D eigenvalue weighted by Gasteiger charge is 2.14. The largest absolute Gasteiger partial charge is 0.496 e. The number of halogens is 1. The summed E-state index contributed by atoms with van der Waals surface area (Å²) in [6, 6.07) is 13.2. The summed E-state index contributed by atoms with van der Waals surface area (Å²) in [6.45, 7) is 0.116. The van der Waals surface area contributed by atoms with Gasteiger partial charge < -0.3 is 15.4 Å². The first-order chi connectivity index (χ1) is 11.5. The quantitative estimate of drug-likeness (QED) is 0.834. The third-order valence-corrected chi connectivity index (χ3v) is 3.38. The van der Waals surface area contributed by atoms with Crippen molar-refractivity contribution in [1.29, 1.82) is 5.26 Å². The minimum Gasteiger partial charge on any atom is -0.496 e. The standard InChI is InChI=1S/C17H14ClN3O3/c1-24-15-8-13(18)6-5-12(15)10-20-16(22)17(23)21-14-4-2-3-11(7-14)9-19/h2-8H,10H2,1H3,(H,20,22)(H,21,23). The lowest BCUT2D eigenvalue weighted by molar-refractivity contribution is -0.136. The van der Waals surface area contributed by atoms with Gasteiger partial charge in [0.25, 0.3) is 0 Å². The third kappa shape index (κ3) is 4.48. The van der Waals surface area contributed by atoms with Crippen molar-refractivity contribution in [2.24, 2.45) is 0 Å². The van der Waals surface area contributed by atoms with Crippen LogP contribution in [0.15, 0.2) is 42.5 Å². The van der Waals surface area contributed by atoms with Crippen molar-refractivity contribution in [3.8, 4) is 11.8 Å². The Morgan fingerprint density at radius 2 is 2.00 bits per heavy atom. The summed E-state index contributed by atoms with van der Waals surface area (Å²) in [4.78, 5) is 23.8. The number of hydrogen-bond donors (Lipinski definition) is 2. The highest BCUT2D eigenvalue weighted by atomic mass is 35.5. The molecule has 0 saturated carbocycles. The predicted octanol–water partition coefficient (Wildman–Crippen LogP) is 2.48. The van der Waals surface area contributed by atoms with Gasteiger partial charge in [-0.25, -0.2) is 0 Å². The number of anilines is 1. The van der Waals surface area contributed by atoms with Crippen molar-refractivity contribution in [1.82, 2.24) is 5.32 Å². The average Bonchev–Trinajstić information content (AvgIpc) is 2.60. The molecule has 0 spiro atoms. The van der Waals surface area contributed by atoms with E-state index < -0.39 is 11.8 Å². The van der Waals surface area contributed by atoms with Crippen LogP contribution in [0.25, 0.3) is 0 Å². The zero-order valence-electron chi connectivity index (χ0n) is 12.8. The maximum atomic E-state index is 11.9. The number of carbonyl (C=O) groups excluding carboxylic acids is 2. The molecule has 122 valence electrons. The molecule has 0 heterocycles. The Labute approximate surface area is 144 Å². The van der Waals surface area contributed by atoms with Crippen LogP contribution in [0.3, 0.4) is 0 Å². The molecule has 0 aliphatic rings. The van der Waals surface area contributed by atoms with Crippen LogP contribution in [0.1, 0.15) is 11.1 Å². The number of nitriles is 1. The first-order valence-corrected chi connectivity index (χ1v) is 7.33. The molecular formula is C17H14ClN3O3. The molecule has 6 nitrogen and oxygen atoms in total. The van der Waals surface area contributed by atoms with E-state index >= 15 is 0 Å². The van der Waals surface area contributed by atoms with Crippen LogP contribution in [0, 0.1) is 11.3 Å². The van der Waals surface area contributed by atoms with Crippen LogP contribution in [0.4, 0.5) is 5.69 Å². The van der Waals surface area contributed by atoms with Gasteiger partial charge in [0.05, 0.1) is 18.7 Å². The molecule has 2 amide bonds. The van der Waals surface area contributed by atoms with Gasteiger partial charge in [0.1, 0.15) is 5.75 Å². The Balaban J connectivity index is 1.97. The predicted molar refractivity (Wildman–Crippen MR) is 89.6 cm³/mol. The number of ether oxygens (including phenoxy) is 1. The molecule has 0 aliphatic carbocycles. The number of nitrogens with one attached hydrogen (secondary N) is 2. The minimum atomic E-state index is -0.821. The molecule has 0 aliphatic heterocycles. The zero-order valence-corrected chi connectivity index (χ0v) is 13.6. The molecule has 0 radical (unpaired) electrons. The Hall–Kier alpha value is -3.04. The van der Waals surface area contributed by atoms with Crippen LogP contribution in [-0.4, -0.2) is 18.9 Å². The molecule has 0 unspecified atom stereocenters. The van der Waals surface area contributed by atoms with E-state index in [2.05, 4.69) is 10.6 Å². The number of benzene rings is 2. The normalized spacial score (nSPS) is 9.71. The Bertz CT molecular complexity index is 815. The molecule has 0 bridgehead atoms. The SMILES string of the molecule is COc1cc(Cl)ccc1CNC(=O)C(=O)Nc1cccc(C#N)c1. The molecule has 2 rings (SSSR count). The fourth-order valence-corrected chi connectivity index (χ4v) is 2.14. The molecule has 2 aromatic carbocycles. The summed E-state index contributed by atoms with van der Waals surface area (Å²) < 4.78 is 5.17. The lowest BCUT2D eigenvalue weighted by Gasteiger charge is -2.10. The highest BCUT2D eigenvalue weighted by molar-refractivity contribution is 6.39. The number of rotatable bonds is 4. The van der Waals surface area contributed by atoms with Crippen LogP contribution >= 0.6 is 11.6 Å². The van der Waals surface area contributed by atoms with E-state index in [-0.39, 0.29) is 6.54 Å². The molecule has 24 heavy (non-hydrogen) atoms. The van der Waals surface area contributed by atoms with Crippen molar-refractivity contribution in [3.05, 3.63) is 58.6 Å². The molecule has 2 N–H and O–H groups in total. The van der Waals surface area contributed by atoms with E-state index in [4.69, 9.17) is 21.6 Å². The fourth-order valence-electron chi connectivity index (χ4n) is 1.97. The van der Waals surface area contributed by atoms with Gasteiger partial charge in [-0.05, 0) is 30.3 Å². The first-order valence-electron chi connectivity index (χ1n) is 6.95. The van der Waals surface area contributed by atoms with Gasteiger partial charge in [0, 0.05) is 22.8 Å². The molecular weight excluding hydrogens is 330 g/mol. The van der Waals surface area contributed by atoms with Crippen LogP contribution in [0.2, 0.25) is 5.02 Å². The monoisotopic (exact) mass is 343 g/mol. The fraction of sp³-hybridized carbons (Fsp3) is 0.118. The number of carbonyl (C=O) groups is 2. The van der Waals surface area contributed by atoms with Gasteiger partial charge in [-0.3, -0.25) is 9.59 Å². The second-order valence-corrected chi connectivity index (χ2v) is 5.22. The number of amides is 2. The molecule has 0 atom stereocenters. The molecule has 7 heteroatoms. The van der Waals surface area contributed by atoms with Gasteiger partial charge >= 0.3 is 11.8 Å². The van der Waals surface area contributed by atoms with Crippen LogP contribution in [-0.2, 0) is 16.1 Å². The van der Waals surface area contributed by atoms with Crippen LogP contribution < -0.4 is 15.4 Å². The molecule has 0 aromatic heterocycles. The van der Waals surface area contributed by atoms with E-state index in [1.54, 1.807) is 36.4 Å². The summed E-state index contributed by atoms with van der Waals surface area (Å²) in [6.07, 6.45) is 0. The van der Waals surface area contributed by atoms with E-state index in [0.717, 1.165) is 0 Å². The number of nitrogens with zero attached hydrogens (tertiary/aromatic N) is 1. The van der Waals surface area contributed by atoms with Gasteiger partial charge in [0.15, 0.2) is 0 Å². The molecule has 0 saturated heterocycles. The summed E-state index contributed by atoms with van der Waals surface area (Å²) in [5.74, 6) is -1.10. The Morgan fingerprint density at radius 1 is 1.21 bits per heavy atom. The van der Waals surface area contributed by atoms with E-state index in [9.17, 15) is 9.59 Å². The van der Waals surface area contributed by atoms with E-state index in [1.807, 2.05) is 6.07 Å². The second kappa shape index (κ2) is 7.99. The second-order valence-electron chi connectivity index (χ2n) is 4.79. The van der Waals surface area contributed by atoms with Crippen molar-refractivity contribution in [2.75, 3.05) is 12.4 Å². The summed E-state index contributed by atoms with van der Waals surface area (Å²) in [5, 5.41) is 14.3. The van der Waals surface area contributed by atoms with Gasteiger partial charge in [-0.15, -0.1) is 0 Å². The lowest BCUT2D eigenvalue weighted by Crippen LogP contribution is -2.35. The van der Waals surface area contributed by atoms with Crippen molar-refractivity contribution >= 4 is 29.1 Å². The lowest BCUT2D eigenvalue weighted by atomic mass is 10.2. The summed E-state index contributed by atoms with van der Waals surface area (Å²) >= 11 is 5.87. The average molecular weight is 344 g/mol. The third-order valence-electron chi connectivity index (χ3n) is 3.14. The maximum Gasteiger partial charge on any atom is 0.313 e. The van der Waals surface area contributed by atoms with Crippen molar-refractivity contribution < 1.29 is 14.3 Å². The zero-order chi connectivity index (χ0) is 17.5. The minimum absolute atomic E-state index is 0.116. The molecule has 2 aromatic rings. The summed E-state index contributed by atoms with van der Waals surface area (Å²) in [7, 11) is 1.49. The maximum absolute atomic E-state index is 11.9. The van der Waals surface area contributed by atoms with Crippen LogP contribution in [0.5, 0.6) is 5.75 Å². The van der Waals surface area contributed by atoms with Crippen molar-refractivity contribution in [2.45, 2.75) is 6.54 Å². The van der Waals surface area contributed by atoms with E-state index in [1.165, 1.54) is 13.2 Å². The Morgan fingerprint density at radius 3 is 2.71 bits per heavy atom. The first kappa shape index (κ1) is 17.3. The number of methoxy groups -OCH3 is 1. The van der Waals surface area contributed by atoms with Gasteiger partial charge in [0.2, 0.25) is 0 Å². The van der Waals surface area contributed by atoms with Crippen molar-refractivity contribution in [3.63, 3.8) is 0 Å². The Kier molecular flexibility index (Phi) is 5.77. The smallest absolute Gasteiger partial charge is 0.313 e. The van der Waals surface area contributed by atoms with Gasteiger partial charge in [-0.2, -0.15) is 5.26 Å². The van der Waals surface area contributed by atoms with Gasteiger partial charge in [-0.1, -0.05) is 23.7 Å². The topological polar surface area (TPSA) is 91.2 Å². The number of hydrogen-bond acceptors (Lipinski definition) is 4. The summed E-state index contributed by atoms with van der Waals surface area (Å²) in [5.41, 5.74) is 1.45. The molecule has 0 fully saturated rings. The highest BCUT2D eigenvalue weighted by Crippen LogP contribution is 2.22. The van der Waals surface area contributed by atoms with E-state index in [0.29, 0.717) is 27.6 Å².